The summed E-state index contributed by atoms with van der Waals surface area (Å²) in [5, 5.41) is 8.74. The third-order valence-corrected chi connectivity index (χ3v) is 5.84. The van der Waals surface area contributed by atoms with Gasteiger partial charge in [0, 0.05) is 33.8 Å². The number of carbonyl (C=O) groups excluding carboxylic acids is 1. The molecule has 0 fully saturated rings. The average molecular weight is 421 g/mol. The molecule has 3 aromatic rings. The van der Waals surface area contributed by atoms with Gasteiger partial charge in [0.15, 0.2) is 11.6 Å². The molecule has 152 valence electrons. The van der Waals surface area contributed by atoms with Gasteiger partial charge in [-0.15, -0.1) is 5.10 Å². The Balaban J connectivity index is 1.62. The van der Waals surface area contributed by atoms with E-state index < -0.39 is 0 Å². The number of carbonyl (C=O) groups is 1. The van der Waals surface area contributed by atoms with Crippen LogP contribution in [0.15, 0.2) is 59.8 Å². The van der Waals surface area contributed by atoms with Crippen LogP contribution < -0.4 is 10.1 Å². The number of allylic oxidation sites excluding steroid dienone is 2. The third-order valence-electron chi connectivity index (χ3n) is 5.49. The highest BCUT2D eigenvalue weighted by Crippen LogP contribution is 2.42. The lowest BCUT2D eigenvalue weighted by molar-refractivity contribution is -0.116. The van der Waals surface area contributed by atoms with Crippen LogP contribution in [0.1, 0.15) is 37.8 Å². The van der Waals surface area contributed by atoms with E-state index in [1.807, 2.05) is 55.5 Å². The fourth-order valence-corrected chi connectivity index (χ4v) is 4.37. The summed E-state index contributed by atoms with van der Waals surface area (Å²) in [5.41, 5.74) is 3.40. The van der Waals surface area contributed by atoms with Crippen molar-refractivity contribution in [2.75, 3.05) is 11.9 Å². The molecule has 2 aromatic carbocycles. The molecule has 2 heterocycles. The SMILES string of the molecule is CCOc1ccc(-c2nc3n(n2)C(c2ccccc2Cl)C2=C(CCCC2=O)N3)cc1. The number of anilines is 1. The van der Waals surface area contributed by atoms with Gasteiger partial charge >= 0.3 is 0 Å². The van der Waals surface area contributed by atoms with Crippen LogP contribution in [0, 0.1) is 0 Å². The summed E-state index contributed by atoms with van der Waals surface area (Å²) < 4.78 is 7.31. The van der Waals surface area contributed by atoms with E-state index in [-0.39, 0.29) is 11.8 Å². The van der Waals surface area contributed by atoms with Gasteiger partial charge in [-0.2, -0.15) is 4.98 Å². The second kappa shape index (κ2) is 7.61. The molecule has 1 unspecified atom stereocenters. The molecule has 0 bridgehead atoms. The zero-order chi connectivity index (χ0) is 20.7. The predicted octanol–water partition coefficient (Wildman–Crippen LogP) is 5.02. The van der Waals surface area contributed by atoms with E-state index in [0.29, 0.717) is 29.8 Å². The summed E-state index contributed by atoms with van der Waals surface area (Å²) >= 11 is 6.54. The van der Waals surface area contributed by atoms with Crippen molar-refractivity contribution in [3.63, 3.8) is 0 Å². The van der Waals surface area contributed by atoms with Gasteiger partial charge in [-0.05, 0) is 50.1 Å². The van der Waals surface area contributed by atoms with Crippen LogP contribution in [-0.2, 0) is 4.79 Å². The Morgan fingerprint density at radius 2 is 1.97 bits per heavy atom. The normalized spacial score (nSPS) is 17.9. The maximum atomic E-state index is 12.9. The fraction of sp³-hybridized carbons (Fsp3) is 0.261. The van der Waals surface area contributed by atoms with Crippen LogP contribution >= 0.6 is 11.6 Å². The summed E-state index contributed by atoms with van der Waals surface area (Å²) in [4.78, 5) is 17.6. The molecule has 0 radical (unpaired) electrons. The Morgan fingerprint density at radius 3 is 2.73 bits per heavy atom. The van der Waals surface area contributed by atoms with Crippen molar-refractivity contribution in [2.45, 2.75) is 32.2 Å². The second-order valence-electron chi connectivity index (χ2n) is 7.38. The van der Waals surface area contributed by atoms with Crippen LogP contribution in [0.5, 0.6) is 5.75 Å². The number of fused-ring (bicyclic) bond motifs is 1. The van der Waals surface area contributed by atoms with Crippen molar-refractivity contribution in [2.24, 2.45) is 0 Å². The summed E-state index contributed by atoms with van der Waals surface area (Å²) in [6.45, 7) is 2.57. The Hall–Kier alpha value is -3.12. The third kappa shape index (κ3) is 3.17. The molecule has 1 aliphatic carbocycles. The summed E-state index contributed by atoms with van der Waals surface area (Å²) in [6.07, 6.45) is 2.18. The Kier molecular flexibility index (Phi) is 4.79. The number of hydrogen-bond acceptors (Lipinski definition) is 5. The molecule has 1 aliphatic heterocycles. The highest BCUT2D eigenvalue weighted by molar-refractivity contribution is 6.31. The lowest BCUT2D eigenvalue weighted by Crippen LogP contribution is -2.31. The van der Waals surface area contributed by atoms with E-state index in [2.05, 4.69) is 5.32 Å². The van der Waals surface area contributed by atoms with Crippen molar-refractivity contribution in [1.29, 1.82) is 0 Å². The zero-order valence-corrected chi connectivity index (χ0v) is 17.3. The summed E-state index contributed by atoms with van der Waals surface area (Å²) in [6, 6.07) is 14.9. The fourth-order valence-electron chi connectivity index (χ4n) is 4.13. The Morgan fingerprint density at radius 1 is 1.17 bits per heavy atom. The van der Waals surface area contributed by atoms with Gasteiger partial charge in [0.25, 0.3) is 0 Å². The van der Waals surface area contributed by atoms with E-state index in [1.54, 1.807) is 4.68 Å². The summed E-state index contributed by atoms with van der Waals surface area (Å²) in [5.74, 6) is 2.15. The smallest absolute Gasteiger partial charge is 0.226 e. The van der Waals surface area contributed by atoms with Crippen LogP contribution in [0.2, 0.25) is 5.02 Å². The molecule has 7 heteroatoms. The number of hydrogen-bond donors (Lipinski definition) is 1. The first-order valence-corrected chi connectivity index (χ1v) is 10.5. The minimum Gasteiger partial charge on any atom is -0.494 e. The van der Waals surface area contributed by atoms with Crippen LogP contribution in [0.25, 0.3) is 11.4 Å². The lowest BCUT2D eigenvalue weighted by atomic mass is 9.85. The van der Waals surface area contributed by atoms with Gasteiger partial charge in [-0.3, -0.25) is 4.79 Å². The summed E-state index contributed by atoms with van der Waals surface area (Å²) in [7, 11) is 0. The molecule has 0 amide bonds. The molecule has 1 aromatic heterocycles. The number of benzene rings is 2. The van der Waals surface area contributed by atoms with Crippen LogP contribution in [-0.4, -0.2) is 27.2 Å². The Bertz CT molecular complexity index is 1150. The molecule has 2 aliphatic rings. The molecule has 1 atom stereocenters. The van der Waals surface area contributed by atoms with Crippen molar-refractivity contribution in [3.8, 4) is 17.1 Å². The molecular weight excluding hydrogens is 400 g/mol. The van der Waals surface area contributed by atoms with E-state index in [4.69, 9.17) is 26.4 Å². The Labute approximate surface area is 179 Å². The van der Waals surface area contributed by atoms with Crippen molar-refractivity contribution in [1.82, 2.24) is 14.8 Å². The quantitative estimate of drug-likeness (QED) is 0.641. The van der Waals surface area contributed by atoms with Gasteiger partial charge in [0.1, 0.15) is 11.8 Å². The maximum Gasteiger partial charge on any atom is 0.226 e. The largest absolute Gasteiger partial charge is 0.494 e. The van der Waals surface area contributed by atoms with Crippen molar-refractivity contribution < 1.29 is 9.53 Å². The highest BCUT2D eigenvalue weighted by Gasteiger charge is 2.37. The second-order valence-corrected chi connectivity index (χ2v) is 7.79. The van der Waals surface area contributed by atoms with Gasteiger partial charge in [-0.1, -0.05) is 29.8 Å². The van der Waals surface area contributed by atoms with Gasteiger partial charge in [0.05, 0.1) is 6.61 Å². The molecule has 5 rings (SSSR count). The van der Waals surface area contributed by atoms with Gasteiger partial charge in [-0.25, -0.2) is 4.68 Å². The number of ether oxygens (including phenoxy) is 1. The van der Waals surface area contributed by atoms with Crippen molar-refractivity contribution >= 4 is 23.3 Å². The van der Waals surface area contributed by atoms with Gasteiger partial charge in [0.2, 0.25) is 5.95 Å². The topological polar surface area (TPSA) is 69.0 Å². The zero-order valence-electron chi connectivity index (χ0n) is 16.6. The number of rotatable bonds is 4. The first-order chi connectivity index (χ1) is 14.7. The van der Waals surface area contributed by atoms with E-state index >= 15 is 0 Å². The van der Waals surface area contributed by atoms with E-state index in [9.17, 15) is 4.79 Å². The molecule has 1 N–H and O–H groups in total. The first kappa shape index (κ1) is 18.9. The number of Topliss-reactive ketones (excluding diaryl/α,β-unsaturated/α-hetero) is 1. The van der Waals surface area contributed by atoms with E-state index in [0.717, 1.165) is 41.0 Å². The molecule has 0 saturated heterocycles. The predicted molar refractivity (Wildman–Crippen MR) is 116 cm³/mol. The van der Waals surface area contributed by atoms with Gasteiger partial charge < -0.3 is 10.1 Å². The number of halogens is 1. The van der Waals surface area contributed by atoms with Crippen molar-refractivity contribution in [3.05, 3.63) is 70.4 Å². The lowest BCUT2D eigenvalue weighted by Gasteiger charge is -2.32. The van der Waals surface area contributed by atoms with Crippen LogP contribution in [0.3, 0.4) is 0 Å². The molecule has 30 heavy (non-hydrogen) atoms. The van der Waals surface area contributed by atoms with E-state index in [1.165, 1.54) is 0 Å². The maximum absolute atomic E-state index is 12.9. The minimum absolute atomic E-state index is 0.137. The number of ketones is 1. The molecular formula is C23H21ClN4O2. The average Bonchev–Trinajstić information content (AvgIpc) is 3.18. The minimum atomic E-state index is -0.387. The van der Waals surface area contributed by atoms with Crippen LogP contribution in [0.4, 0.5) is 5.95 Å². The standard InChI is InChI=1S/C23H21ClN4O2/c1-2-30-15-12-10-14(11-13-15)22-26-23-25-18-8-5-9-19(29)20(18)21(28(23)27-22)16-6-3-4-7-17(16)24/h3-4,6-7,10-13,21H,2,5,8-9H2,1H3,(H,25,26,27). The number of nitrogens with zero attached hydrogens (tertiary/aromatic N) is 3. The molecule has 0 spiro atoms. The monoisotopic (exact) mass is 420 g/mol. The number of aromatic nitrogens is 3. The first-order valence-electron chi connectivity index (χ1n) is 10.1. The number of nitrogens with one attached hydrogen (secondary N) is 1. The molecule has 0 saturated carbocycles. The molecule has 6 nitrogen and oxygen atoms in total. The highest BCUT2D eigenvalue weighted by atomic mass is 35.5.